The molecule has 0 unspecified atom stereocenters. The average molecular weight is 571 g/mol. The lowest BCUT2D eigenvalue weighted by Gasteiger charge is -2.16. The number of nitrogens with zero attached hydrogens (tertiary/aromatic N) is 1. The third kappa shape index (κ3) is 8.51. The first-order valence-corrected chi connectivity index (χ1v) is 14.1. The molecule has 0 radical (unpaired) electrons. The van der Waals surface area contributed by atoms with Gasteiger partial charge in [0.2, 0.25) is 5.91 Å². The third-order valence-electron chi connectivity index (χ3n) is 6.44. The maximum Gasteiger partial charge on any atom is 0.303 e. The maximum absolute atomic E-state index is 11.9. The minimum absolute atomic E-state index is 0.0931. The molecule has 39 heavy (non-hydrogen) atoms. The van der Waals surface area contributed by atoms with E-state index in [4.69, 9.17) is 21.8 Å². The number of aliphatic carboxylic acids is 2. The molecular weight excluding hydrogens is 540 g/mol. The number of nitrogens with one attached hydrogen (secondary N) is 3. The second-order valence-corrected chi connectivity index (χ2v) is 10.7. The average Bonchev–Trinajstić information content (AvgIpc) is 3.71. The van der Waals surface area contributed by atoms with E-state index in [2.05, 4.69) is 51.3 Å². The first kappa shape index (κ1) is 28.5. The summed E-state index contributed by atoms with van der Waals surface area (Å²) < 4.78 is 0. The predicted octanol–water partition coefficient (Wildman–Crippen LogP) is 5.05. The Kier molecular flexibility index (Phi) is 9.91. The molecule has 5 rings (SSSR count). The second kappa shape index (κ2) is 13.5. The molecule has 1 aliphatic heterocycles. The molecule has 5 N–H and O–H groups in total. The van der Waals surface area contributed by atoms with Crippen LogP contribution in [0, 0.1) is 5.92 Å². The molecule has 0 bridgehead atoms. The van der Waals surface area contributed by atoms with Crippen molar-refractivity contribution in [3.63, 3.8) is 0 Å². The minimum atomic E-state index is -1.08. The Morgan fingerprint density at radius 1 is 1.00 bits per heavy atom. The predicted molar refractivity (Wildman–Crippen MR) is 152 cm³/mol. The SMILES string of the molecule is O=C(Nc1nc(-c2ccc(CNc3c(Cl)ccc4c3CCNCC4)cc2)cs1)C1CC1.O=C(O)CCC(=O)O. The van der Waals surface area contributed by atoms with Crippen LogP contribution in [0.5, 0.6) is 0 Å². The summed E-state index contributed by atoms with van der Waals surface area (Å²) in [7, 11) is 0. The molecule has 1 aromatic heterocycles. The number of hydrogen-bond donors (Lipinski definition) is 5. The number of fused-ring (bicyclic) bond motifs is 1. The molecule has 2 aromatic carbocycles. The smallest absolute Gasteiger partial charge is 0.303 e. The lowest BCUT2D eigenvalue weighted by atomic mass is 10.0. The van der Waals surface area contributed by atoms with Gasteiger partial charge in [0.15, 0.2) is 5.13 Å². The third-order valence-corrected chi connectivity index (χ3v) is 7.51. The minimum Gasteiger partial charge on any atom is -0.481 e. The van der Waals surface area contributed by atoms with Crippen LogP contribution in [0.2, 0.25) is 5.02 Å². The van der Waals surface area contributed by atoms with Gasteiger partial charge in [-0.05, 0) is 61.5 Å². The summed E-state index contributed by atoms with van der Waals surface area (Å²) in [6.07, 6.45) is 3.42. The molecule has 206 valence electrons. The van der Waals surface area contributed by atoms with E-state index in [9.17, 15) is 14.4 Å². The second-order valence-electron chi connectivity index (χ2n) is 9.45. The van der Waals surface area contributed by atoms with E-state index in [0.717, 1.165) is 60.7 Å². The van der Waals surface area contributed by atoms with Crippen LogP contribution < -0.4 is 16.0 Å². The lowest BCUT2D eigenvalue weighted by Crippen LogP contribution is -2.16. The van der Waals surface area contributed by atoms with E-state index in [1.807, 2.05) is 11.4 Å². The Hall–Kier alpha value is -3.47. The Morgan fingerprint density at radius 3 is 2.36 bits per heavy atom. The molecule has 1 fully saturated rings. The zero-order chi connectivity index (χ0) is 27.8. The molecule has 1 amide bonds. The molecule has 1 saturated carbocycles. The number of carboxylic acids is 2. The highest BCUT2D eigenvalue weighted by Gasteiger charge is 2.30. The van der Waals surface area contributed by atoms with Crippen molar-refractivity contribution in [2.24, 2.45) is 5.92 Å². The summed E-state index contributed by atoms with van der Waals surface area (Å²) in [4.78, 5) is 35.8. The number of carboxylic acid groups (broad SMARTS) is 2. The van der Waals surface area contributed by atoms with E-state index in [-0.39, 0.29) is 24.7 Å². The Morgan fingerprint density at radius 2 is 1.69 bits per heavy atom. The molecular formula is C28H31ClN4O5S. The zero-order valence-electron chi connectivity index (χ0n) is 21.3. The molecule has 11 heteroatoms. The largest absolute Gasteiger partial charge is 0.481 e. The van der Waals surface area contributed by atoms with Gasteiger partial charge in [0.1, 0.15) is 0 Å². The highest BCUT2D eigenvalue weighted by Crippen LogP contribution is 2.33. The molecule has 1 aliphatic carbocycles. The number of carbonyl (C=O) groups is 3. The normalized spacial score (nSPS) is 14.3. The van der Waals surface area contributed by atoms with Gasteiger partial charge in [-0.3, -0.25) is 14.4 Å². The number of thiazole rings is 1. The van der Waals surface area contributed by atoms with Crippen LogP contribution in [0.4, 0.5) is 10.8 Å². The first-order valence-electron chi connectivity index (χ1n) is 12.8. The number of hydrogen-bond acceptors (Lipinski definition) is 7. The lowest BCUT2D eigenvalue weighted by molar-refractivity contribution is -0.143. The van der Waals surface area contributed by atoms with Gasteiger partial charge in [0, 0.05) is 23.4 Å². The summed E-state index contributed by atoms with van der Waals surface area (Å²) in [5, 5.41) is 29.2. The van der Waals surface area contributed by atoms with Crippen molar-refractivity contribution in [3.8, 4) is 11.3 Å². The van der Waals surface area contributed by atoms with E-state index >= 15 is 0 Å². The van der Waals surface area contributed by atoms with Gasteiger partial charge in [0.25, 0.3) is 0 Å². The number of aromatic nitrogens is 1. The van der Waals surface area contributed by atoms with E-state index < -0.39 is 11.9 Å². The van der Waals surface area contributed by atoms with Gasteiger partial charge in [0.05, 0.1) is 29.2 Å². The number of halogens is 1. The fourth-order valence-electron chi connectivity index (χ4n) is 4.15. The van der Waals surface area contributed by atoms with Crippen molar-refractivity contribution in [1.82, 2.24) is 10.3 Å². The fraction of sp³-hybridized carbons (Fsp3) is 0.357. The summed E-state index contributed by atoms with van der Waals surface area (Å²) in [6.45, 7) is 2.70. The van der Waals surface area contributed by atoms with Crippen LogP contribution in [-0.2, 0) is 33.8 Å². The molecule has 2 heterocycles. The van der Waals surface area contributed by atoms with Gasteiger partial charge in [-0.1, -0.05) is 41.9 Å². The number of carbonyl (C=O) groups excluding carboxylic acids is 1. The summed E-state index contributed by atoms with van der Waals surface area (Å²) >= 11 is 8.00. The molecule has 0 saturated heterocycles. The van der Waals surface area contributed by atoms with Gasteiger partial charge in [-0.25, -0.2) is 4.98 Å². The van der Waals surface area contributed by atoms with Crippen molar-refractivity contribution in [1.29, 1.82) is 0 Å². The maximum atomic E-state index is 11.9. The van der Waals surface area contributed by atoms with Crippen LogP contribution in [0.15, 0.2) is 41.8 Å². The number of anilines is 2. The molecule has 2 aliphatic rings. The molecule has 3 aromatic rings. The first-order chi connectivity index (χ1) is 18.8. The van der Waals surface area contributed by atoms with Crippen LogP contribution in [0.1, 0.15) is 42.4 Å². The van der Waals surface area contributed by atoms with E-state index in [0.29, 0.717) is 11.7 Å². The van der Waals surface area contributed by atoms with E-state index in [1.165, 1.54) is 28.0 Å². The van der Waals surface area contributed by atoms with E-state index in [1.54, 1.807) is 0 Å². The van der Waals surface area contributed by atoms with Gasteiger partial charge in [-0.15, -0.1) is 11.3 Å². The van der Waals surface area contributed by atoms with Gasteiger partial charge >= 0.3 is 11.9 Å². The number of rotatable bonds is 9. The monoisotopic (exact) mass is 570 g/mol. The zero-order valence-corrected chi connectivity index (χ0v) is 22.9. The molecule has 0 atom stereocenters. The Labute approximate surface area is 235 Å². The quantitative estimate of drug-likeness (QED) is 0.241. The van der Waals surface area contributed by atoms with Crippen molar-refractivity contribution in [2.45, 2.75) is 45.1 Å². The van der Waals surface area contributed by atoms with Crippen molar-refractivity contribution < 1.29 is 24.6 Å². The van der Waals surface area contributed by atoms with Gasteiger partial charge in [-0.2, -0.15) is 0 Å². The van der Waals surface area contributed by atoms with Crippen molar-refractivity contribution in [3.05, 3.63) is 63.5 Å². The van der Waals surface area contributed by atoms with Crippen LogP contribution >= 0.6 is 22.9 Å². The topological polar surface area (TPSA) is 141 Å². The van der Waals surface area contributed by atoms with Gasteiger partial charge < -0.3 is 26.2 Å². The highest BCUT2D eigenvalue weighted by atomic mass is 35.5. The number of amides is 1. The summed E-state index contributed by atoms with van der Waals surface area (Å²) in [6, 6.07) is 12.5. The molecule has 9 nitrogen and oxygen atoms in total. The molecule has 0 spiro atoms. The van der Waals surface area contributed by atoms with Crippen LogP contribution in [0.25, 0.3) is 11.3 Å². The Bertz CT molecular complexity index is 1310. The summed E-state index contributed by atoms with van der Waals surface area (Å²) in [5.74, 6) is -1.88. The number of benzene rings is 2. The highest BCUT2D eigenvalue weighted by molar-refractivity contribution is 7.14. The van der Waals surface area contributed by atoms with Crippen molar-refractivity contribution >= 4 is 51.6 Å². The summed E-state index contributed by atoms with van der Waals surface area (Å²) in [5.41, 5.74) is 6.88. The van der Waals surface area contributed by atoms with Crippen molar-refractivity contribution in [2.75, 3.05) is 23.7 Å². The fourth-order valence-corrected chi connectivity index (χ4v) is 5.12. The standard InChI is InChI=1S/C24H25ClN4OS.C4H6O4/c25-20-8-7-16-9-11-26-12-10-19(16)22(20)27-13-15-1-3-17(4-2-15)21-14-31-24(28-21)29-23(30)18-5-6-18;5-3(6)1-2-4(7)8/h1-4,7-8,14,18,26-27H,5-6,9-13H2,(H,28,29,30);1-2H2,(H,5,6)(H,7,8). The van der Waals surface area contributed by atoms with Crippen LogP contribution in [0.3, 0.4) is 0 Å². The van der Waals surface area contributed by atoms with Crippen LogP contribution in [-0.4, -0.2) is 46.1 Å². The Balaban J connectivity index is 0.000000386.